The summed E-state index contributed by atoms with van der Waals surface area (Å²) in [5.41, 5.74) is 0. The van der Waals surface area contributed by atoms with Gasteiger partial charge in [0.05, 0.1) is 12.2 Å². The van der Waals surface area contributed by atoms with Gasteiger partial charge in [-0.15, -0.1) is 0 Å². The van der Waals surface area contributed by atoms with E-state index in [0.29, 0.717) is 0 Å². The van der Waals surface area contributed by atoms with Crippen molar-refractivity contribution in [2.24, 2.45) is 0 Å². The molecule has 0 N–H and O–H groups in total. The average Bonchev–Trinajstić information content (AvgIpc) is 1.95. The molecule has 0 atom stereocenters. The van der Waals surface area contributed by atoms with E-state index in [9.17, 15) is 9.59 Å². The van der Waals surface area contributed by atoms with Crippen molar-refractivity contribution in [2.75, 3.05) is 0 Å². The third kappa shape index (κ3) is 3.92. The summed E-state index contributed by atoms with van der Waals surface area (Å²) in [6.45, 7) is 6.72. The highest BCUT2D eigenvalue weighted by atomic mass is 16.7. The zero-order valence-electron chi connectivity index (χ0n) is 9.90. The fourth-order valence-corrected chi connectivity index (χ4v) is 1.30. The Morgan fingerprint density at radius 3 is 2.56 bits per heavy atom. The first-order chi connectivity index (χ1) is 7.28. The van der Waals surface area contributed by atoms with Crippen molar-refractivity contribution in [3.63, 3.8) is 0 Å². The number of hydrogen-bond acceptors (Lipinski definition) is 5. The van der Waals surface area contributed by atoms with Crippen LogP contribution in [0.5, 0.6) is 0 Å². The normalized spacial score (nSPS) is 18.6. The SMILES string of the molecule is CC(C)OC(=O)CC1=CC(=O)OC(C)(C)O1. The number of hydrogen-bond donors (Lipinski definition) is 0. The van der Waals surface area contributed by atoms with Crippen LogP contribution < -0.4 is 0 Å². The van der Waals surface area contributed by atoms with Crippen LogP contribution in [-0.2, 0) is 23.8 Å². The fraction of sp³-hybridized carbons (Fsp3) is 0.636. The second kappa shape index (κ2) is 4.55. The molecule has 5 heteroatoms. The van der Waals surface area contributed by atoms with Gasteiger partial charge in [-0.2, -0.15) is 0 Å². The van der Waals surface area contributed by atoms with E-state index in [1.54, 1.807) is 27.7 Å². The standard InChI is InChI=1S/C11H16O5/c1-7(2)14-9(12)5-8-6-10(13)16-11(3,4)15-8/h6-7H,5H2,1-4H3. The molecule has 0 spiro atoms. The zero-order chi connectivity index (χ0) is 12.3. The molecule has 0 aromatic rings. The first-order valence-electron chi connectivity index (χ1n) is 5.10. The first-order valence-corrected chi connectivity index (χ1v) is 5.10. The Morgan fingerprint density at radius 2 is 2.06 bits per heavy atom. The number of cyclic esters (lactones) is 1. The largest absolute Gasteiger partial charge is 0.463 e. The molecule has 0 saturated carbocycles. The summed E-state index contributed by atoms with van der Waals surface area (Å²) < 4.78 is 15.1. The predicted octanol–water partition coefficient (Wildman–Crippen LogP) is 1.52. The summed E-state index contributed by atoms with van der Waals surface area (Å²) in [7, 11) is 0. The monoisotopic (exact) mass is 228 g/mol. The number of rotatable bonds is 3. The third-order valence-corrected chi connectivity index (χ3v) is 1.69. The lowest BCUT2D eigenvalue weighted by atomic mass is 10.2. The fourth-order valence-electron chi connectivity index (χ4n) is 1.30. The minimum atomic E-state index is -1.03. The molecule has 0 radical (unpaired) electrons. The molecule has 0 unspecified atom stereocenters. The summed E-state index contributed by atoms with van der Waals surface area (Å²) in [5, 5.41) is 0. The van der Waals surface area contributed by atoms with Crippen LogP contribution in [-0.4, -0.2) is 23.8 Å². The molecule has 1 rings (SSSR count). The van der Waals surface area contributed by atoms with Crippen LogP contribution >= 0.6 is 0 Å². The van der Waals surface area contributed by atoms with Crippen LogP contribution in [0, 0.1) is 0 Å². The third-order valence-electron chi connectivity index (χ3n) is 1.69. The van der Waals surface area contributed by atoms with E-state index in [1.165, 1.54) is 0 Å². The molecule has 16 heavy (non-hydrogen) atoms. The summed E-state index contributed by atoms with van der Waals surface area (Å²) in [6, 6.07) is 0. The van der Waals surface area contributed by atoms with Gasteiger partial charge in [0.1, 0.15) is 12.2 Å². The van der Waals surface area contributed by atoms with Crippen LogP contribution in [0.2, 0.25) is 0 Å². The van der Waals surface area contributed by atoms with Crippen molar-refractivity contribution in [3.05, 3.63) is 11.8 Å². The van der Waals surface area contributed by atoms with Gasteiger partial charge in [0.25, 0.3) is 0 Å². The van der Waals surface area contributed by atoms with Crippen LogP contribution in [0.15, 0.2) is 11.8 Å². The summed E-state index contributed by atoms with van der Waals surface area (Å²) in [5.74, 6) is -1.69. The molecule has 1 heterocycles. The lowest BCUT2D eigenvalue weighted by Gasteiger charge is -2.30. The van der Waals surface area contributed by atoms with Crippen molar-refractivity contribution in [1.82, 2.24) is 0 Å². The number of ether oxygens (including phenoxy) is 3. The van der Waals surface area contributed by atoms with Crippen LogP contribution in [0.1, 0.15) is 34.1 Å². The average molecular weight is 228 g/mol. The van der Waals surface area contributed by atoms with E-state index in [2.05, 4.69) is 0 Å². The molecule has 0 saturated heterocycles. The molecule has 0 fully saturated rings. The van der Waals surface area contributed by atoms with Crippen LogP contribution in [0.25, 0.3) is 0 Å². The Hall–Kier alpha value is -1.52. The van der Waals surface area contributed by atoms with Crippen molar-refractivity contribution in [2.45, 2.75) is 46.0 Å². The molecule has 1 aliphatic rings. The van der Waals surface area contributed by atoms with E-state index in [1.807, 2.05) is 0 Å². The Kier molecular flexibility index (Phi) is 3.57. The van der Waals surface area contributed by atoms with Gasteiger partial charge in [-0.05, 0) is 13.8 Å². The smallest absolute Gasteiger partial charge is 0.337 e. The van der Waals surface area contributed by atoms with E-state index >= 15 is 0 Å². The summed E-state index contributed by atoms with van der Waals surface area (Å²) in [4.78, 5) is 22.5. The number of carbonyl (C=O) groups is 2. The molecule has 90 valence electrons. The quantitative estimate of drug-likeness (QED) is 0.685. The Labute approximate surface area is 94.4 Å². The predicted molar refractivity (Wildman–Crippen MR) is 55.2 cm³/mol. The maximum absolute atomic E-state index is 11.3. The minimum absolute atomic E-state index is 0.0588. The van der Waals surface area contributed by atoms with Gasteiger partial charge < -0.3 is 14.2 Å². The lowest BCUT2D eigenvalue weighted by Crippen LogP contribution is -2.35. The zero-order valence-corrected chi connectivity index (χ0v) is 9.90. The summed E-state index contributed by atoms with van der Waals surface area (Å²) >= 11 is 0. The molecule has 1 aliphatic heterocycles. The van der Waals surface area contributed by atoms with Gasteiger partial charge in [0.2, 0.25) is 5.79 Å². The van der Waals surface area contributed by atoms with E-state index in [-0.39, 0.29) is 18.3 Å². The minimum Gasteiger partial charge on any atom is -0.463 e. The maximum atomic E-state index is 11.3. The molecule has 5 nitrogen and oxygen atoms in total. The molecular weight excluding hydrogens is 212 g/mol. The highest BCUT2D eigenvalue weighted by Gasteiger charge is 2.31. The first kappa shape index (κ1) is 12.5. The van der Waals surface area contributed by atoms with Gasteiger partial charge in [-0.3, -0.25) is 4.79 Å². The Bertz CT molecular complexity index is 327. The van der Waals surface area contributed by atoms with Crippen molar-refractivity contribution in [3.8, 4) is 0 Å². The Balaban J connectivity index is 2.61. The van der Waals surface area contributed by atoms with Crippen molar-refractivity contribution >= 4 is 11.9 Å². The number of esters is 2. The van der Waals surface area contributed by atoms with Crippen molar-refractivity contribution in [1.29, 1.82) is 0 Å². The molecule has 0 aliphatic carbocycles. The van der Waals surface area contributed by atoms with E-state index in [0.717, 1.165) is 6.08 Å². The second-order valence-electron chi connectivity index (χ2n) is 4.25. The topological polar surface area (TPSA) is 61.8 Å². The van der Waals surface area contributed by atoms with Gasteiger partial charge in [0, 0.05) is 13.8 Å². The van der Waals surface area contributed by atoms with Crippen molar-refractivity contribution < 1.29 is 23.8 Å². The number of carbonyl (C=O) groups excluding carboxylic acids is 2. The highest BCUT2D eigenvalue weighted by Crippen LogP contribution is 2.24. The van der Waals surface area contributed by atoms with Gasteiger partial charge in [0.15, 0.2) is 0 Å². The Morgan fingerprint density at radius 1 is 1.44 bits per heavy atom. The maximum Gasteiger partial charge on any atom is 0.337 e. The van der Waals surface area contributed by atoms with Crippen LogP contribution in [0.4, 0.5) is 0 Å². The van der Waals surface area contributed by atoms with Gasteiger partial charge in [-0.25, -0.2) is 4.79 Å². The molecule has 0 bridgehead atoms. The second-order valence-corrected chi connectivity index (χ2v) is 4.25. The van der Waals surface area contributed by atoms with Crippen LogP contribution in [0.3, 0.4) is 0 Å². The molecule has 0 aromatic heterocycles. The lowest BCUT2D eigenvalue weighted by molar-refractivity contribution is -0.206. The molecular formula is C11H16O5. The van der Waals surface area contributed by atoms with Gasteiger partial charge in [-0.1, -0.05) is 0 Å². The van der Waals surface area contributed by atoms with E-state index < -0.39 is 17.7 Å². The summed E-state index contributed by atoms with van der Waals surface area (Å²) in [6.07, 6.45) is 0.917. The highest BCUT2D eigenvalue weighted by molar-refractivity contribution is 5.85. The molecule has 0 amide bonds. The van der Waals surface area contributed by atoms with E-state index in [4.69, 9.17) is 14.2 Å². The van der Waals surface area contributed by atoms with Gasteiger partial charge >= 0.3 is 11.9 Å². The molecule has 0 aromatic carbocycles.